The highest BCUT2D eigenvalue weighted by molar-refractivity contribution is 7.07. The van der Waals surface area contributed by atoms with Gasteiger partial charge in [-0.25, -0.2) is 0 Å². The Morgan fingerprint density at radius 1 is 1.60 bits per heavy atom. The van der Waals surface area contributed by atoms with Gasteiger partial charge in [-0.15, -0.1) is 0 Å². The number of hydrogen-bond acceptors (Lipinski definition) is 1. The fraction of sp³-hybridized carbons (Fsp3) is 1.00. The predicted octanol–water partition coefficient (Wildman–Crippen LogP) is -0.151. The minimum atomic E-state index is -0.291. The summed E-state index contributed by atoms with van der Waals surface area (Å²) >= 11 is 0. The maximum atomic E-state index is 8.22. The zero-order valence-corrected chi connectivity index (χ0v) is 5.45. The quantitative estimate of drug-likeness (QED) is 0.458. The van der Waals surface area contributed by atoms with Crippen LogP contribution in [0.15, 0.2) is 0 Å². The molecule has 0 aromatic carbocycles. The van der Waals surface area contributed by atoms with E-state index in [1.54, 1.807) is 0 Å². The molecule has 5 heavy (non-hydrogen) atoms. The summed E-state index contributed by atoms with van der Waals surface area (Å²) in [6.45, 7) is 4.17. The Morgan fingerprint density at radius 2 is 1.80 bits per heavy atom. The van der Waals surface area contributed by atoms with Crippen LogP contribution in [0.4, 0.5) is 0 Å². The molecule has 0 aromatic rings. The smallest absolute Gasteiger partial charge is 0.203 e. The van der Waals surface area contributed by atoms with Crippen molar-refractivity contribution in [3.8, 4) is 0 Å². The maximum absolute atomic E-state index is 8.22. The molecule has 0 atom stereocenters. The van der Waals surface area contributed by atoms with Gasteiger partial charge >= 0.3 is 0 Å². The summed E-state index contributed by atoms with van der Waals surface area (Å²) in [4.78, 5) is 8.22. The molecule has 0 fully saturated rings. The molecule has 0 unspecified atom stereocenters. The van der Waals surface area contributed by atoms with Crippen molar-refractivity contribution >= 4 is 17.6 Å². The Labute approximate surface area is 36.4 Å². The molecule has 0 amide bonds. The molecule has 3 radical (unpaired) electrons. The van der Waals surface area contributed by atoms with Gasteiger partial charge in [-0.3, -0.25) is 0 Å². The van der Waals surface area contributed by atoms with E-state index in [0.29, 0.717) is 0 Å². The maximum Gasteiger partial charge on any atom is 0.203 e. The van der Waals surface area contributed by atoms with Crippen molar-refractivity contribution in [2.24, 2.45) is 0 Å². The highest BCUT2D eigenvalue weighted by atomic mass is 29.2. The summed E-state index contributed by atoms with van der Waals surface area (Å²) in [5.74, 6) is 0. The third-order valence-corrected chi connectivity index (χ3v) is 2.01. The lowest BCUT2D eigenvalue weighted by Crippen LogP contribution is -2.10. The second-order valence-electron chi connectivity index (χ2n) is 1.11. The highest BCUT2D eigenvalue weighted by Crippen LogP contribution is 1.66. The van der Waals surface area contributed by atoms with Crippen molar-refractivity contribution in [2.75, 3.05) is 0 Å². The normalized spacial score (nSPS) is 9.60. The molecular formula is C2H7OSi2. The minimum absolute atomic E-state index is 0.216. The molecule has 29 valence electrons. The minimum Gasteiger partial charge on any atom is -0.436 e. The molecule has 0 aliphatic carbocycles. The van der Waals surface area contributed by atoms with Gasteiger partial charge < -0.3 is 4.80 Å². The molecule has 0 spiro atoms. The molecule has 0 bridgehead atoms. The zero-order chi connectivity index (χ0) is 4.28. The molecular weight excluding hydrogens is 96.2 g/mol. The number of rotatable bonds is 1. The summed E-state index contributed by atoms with van der Waals surface area (Å²) in [5, 5.41) is 0. The van der Waals surface area contributed by atoms with Gasteiger partial charge in [0.1, 0.15) is 0 Å². The molecule has 0 rings (SSSR count). The second kappa shape index (κ2) is 2.62. The summed E-state index contributed by atoms with van der Waals surface area (Å²) in [7, 11) is -0.0746. The molecule has 0 saturated heterocycles. The lowest BCUT2D eigenvalue weighted by atomic mass is 11.9. The van der Waals surface area contributed by atoms with Crippen molar-refractivity contribution in [3.05, 3.63) is 0 Å². The van der Waals surface area contributed by atoms with Crippen LogP contribution in [0.2, 0.25) is 13.1 Å². The molecule has 3 heteroatoms. The topological polar surface area (TPSA) is 20.2 Å². The summed E-state index contributed by atoms with van der Waals surface area (Å²) in [6, 6.07) is 0. The van der Waals surface area contributed by atoms with Crippen molar-refractivity contribution < 1.29 is 4.80 Å². The molecule has 0 aliphatic rings. The molecule has 1 N–H and O–H groups in total. The van der Waals surface area contributed by atoms with E-state index >= 15 is 0 Å². The Morgan fingerprint density at radius 3 is 1.80 bits per heavy atom. The monoisotopic (exact) mass is 103 g/mol. The third kappa shape index (κ3) is 4.39. The van der Waals surface area contributed by atoms with Crippen molar-refractivity contribution in [3.63, 3.8) is 0 Å². The van der Waals surface area contributed by atoms with Gasteiger partial charge in [0.15, 0.2) is 0 Å². The van der Waals surface area contributed by atoms with Crippen LogP contribution in [0.1, 0.15) is 0 Å². The second-order valence-corrected chi connectivity index (χ2v) is 7.01. The highest BCUT2D eigenvalue weighted by Gasteiger charge is 1.89. The van der Waals surface area contributed by atoms with Gasteiger partial charge in [0.05, 0.1) is 8.31 Å². The van der Waals surface area contributed by atoms with E-state index in [-0.39, 0.29) is 17.6 Å². The van der Waals surface area contributed by atoms with Gasteiger partial charge in [0, 0.05) is 0 Å². The Balaban J connectivity index is 2.54. The third-order valence-electron chi connectivity index (χ3n) is 0.224. The van der Waals surface area contributed by atoms with Gasteiger partial charge in [-0.2, -0.15) is 0 Å². The van der Waals surface area contributed by atoms with E-state index < -0.39 is 0 Å². The van der Waals surface area contributed by atoms with E-state index in [1.807, 2.05) is 0 Å². The van der Waals surface area contributed by atoms with Gasteiger partial charge in [-0.05, 0) is 0 Å². The van der Waals surface area contributed by atoms with Crippen LogP contribution in [-0.2, 0) is 0 Å². The summed E-state index contributed by atoms with van der Waals surface area (Å²) in [6.07, 6.45) is 0. The zero-order valence-electron chi connectivity index (χ0n) is 3.45. The van der Waals surface area contributed by atoms with Gasteiger partial charge in [0.2, 0.25) is 9.28 Å². The predicted molar refractivity (Wildman–Crippen MR) is 25.5 cm³/mol. The fourth-order valence-corrected chi connectivity index (χ4v) is 0. The average Bonchev–Trinajstić information content (AvgIpc) is 1.38. The van der Waals surface area contributed by atoms with Crippen LogP contribution in [-0.4, -0.2) is 22.4 Å². The van der Waals surface area contributed by atoms with Crippen LogP contribution in [0, 0.1) is 0 Å². The van der Waals surface area contributed by atoms with Crippen molar-refractivity contribution in [1.29, 1.82) is 0 Å². The van der Waals surface area contributed by atoms with Gasteiger partial charge in [0.25, 0.3) is 0 Å². The van der Waals surface area contributed by atoms with E-state index in [4.69, 9.17) is 4.80 Å². The van der Waals surface area contributed by atoms with Gasteiger partial charge in [-0.1, -0.05) is 13.1 Å². The van der Waals surface area contributed by atoms with Crippen LogP contribution in [0.3, 0.4) is 0 Å². The number of hydrogen-bond donors (Lipinski definition) is 1. The Bertz CT molecular complexity index is 21.6. The first kappa shape index (κ1) is 5.39. The van der Waals surface area contributed by atoms with Crippen LogP contribution < -0.4 is 0 Å². The van der Waals surface area contributed by atoms with E-state index in [1.165, 1.54) is 0 Å². The Kier molecular flexibility index (Phi) is 2.83. The van der Waals surface area contributed by atoms with E-state index in [9.17, 15) is 0 Å². The van der Waals surface area contributed by atoms with Crippen LogP contribution in [0.25, 0.3) is 0 Å². The van der Waals surface area contributed by atoms with Crippen molar-refractivity contribution in [2.45, 2.75) is 13.1 Å². The summed E-state index contributed by atoms with van der Waals surface area (Å²) in [5.41, 5.74) is 0. The van der Waals surface area contributed by atoms with Crippen LogP contribution in [0.5, 0.6) is 0 Å². The van der Waals surface area contributed by atoms with E-state index in [2.05, 4.69) is 13.1 Å². The molecule has 1 nitrogen and oxygen atoms in total. The van der Waals surface area contributed by atoms with E-state index in [0.717, 1.165) is 0 Å². The lowest BCUT2D eigenvalue weighted by Gasteiger charge is -1.83. The first-order chi connectivity index (χ1) is 2.27. The lowest BCUT2D eigenvalue weighted by molar-refractivity contribution is 0.620. The first-order valence-electron chi connectivity index (χ1n) is 1.47. The largest absolute Gasteiger partial charge is 0.436 e. The SMILES string of the molecule is C[Si](C)[Si]O. The molecule has 0 saturated carbocycles. The Hall–Kier alpha value is 0.394. The molecule has 0 heterocycles. The summed E-state index contributed by atoms with van der Waals surface area (Å²) < 4.78 is 0. The standard InChI is InChI=1S/C2H7OSi2/c1-5(2)4-3/h3H,1-2H3. The van der Waals surface area contributed by atoms with Crippen LogP contribution >= 0.6 is 0 Å². The first-order valence-corrected chi connectivity index (χ1v) is 5.92. The van der Waals surface area contributed by atoms with Crippen molar-refractivity contribution in [1.82, 2.24) is 0 Å². The fourth-order valence-electron chi connectivity index (χ4n) is 0. The molecule has 0 aromatic heterocycles. The average molecular weight is 103 g/mol. The molecule has 0 aliphatic heterocycles.